The van der Waals surface area contributed by atoms with Crippen molar-refractivity contribution < 1.29 is 9.53 Å². The quantitative estimate of drug-likeness (QED) is 0.743. The molecule has 2 aromatic rings. The molecule has 20 heavy (non-hydrogen) atoms. The van der Waals surface area contributed by atoms with Crippen molar-refractivity contribution in [3.63, 3.8) is 0 Å². The minimum absolute atomic E-state index is 0.335. The van der Waals surface area contributed by atoms with E-state index >= 15 is 0 Å². The van der Waals surface area contributed by atoms with E-state index in [4.69, 9.17) is 27.9 Å². The number of ether oxygens (including phenoxy) is 1. The molecule has 0 aliphatic rings. The first-order valence-electron chi connectivity index (χ1n) is 6.14. The summed E-state index contributed by atoms with van der Waals surface area (Å²) < 4.78 is 5.83. The van der Waals surface area contributed by atoms with E-state index in [9.17, 15) is 4.79 Å². The highest BCUT2D eigenvalue weighted by Crippen LogP contribution is 2.27. The van der Waals surface area contributed by atoms with Gasteiger partial charge in [0, 0.05) is 21.2 Å². The molecule has 4 heteroatoms. The maximum absolute atomic E-state index is 10.8. The van der Waals surface area contributed by atoms with Crippen molar-refractivity contribution in [1.82, 2.24) is 0 Å². The SMILES string of the molecule is Cc1cc(C=O)cc(C)c1OCc1cc(Cl)ccc1Cl. The second kappa shape index (κ2) is 6.29. The van der Waals surface area contributed by atoms with E-state index < -0.39 is 0 Å². The number of halogens is 2. The van der Waals surface area contributed by atoms with Crippen LogP contribution in [0.15, 0.2) is 30.3 Å². The Labute approximate surface area is 128 Å². The van der Waals surface area contributed by atoms with Gasteiger partial charge in [0.05, 0.1) is 0 Å². The van der Waals surface area contributed by atoms with Crippen LogP contribution in [0, 0.1) is 13.8 Å². The number of carbonyl (C=O) groups excluding carboxylic acids is 1. The van der Waals surface area contributed by atoms with E-state index in [1.54, 1.807) is 30.3 Å². The smallest absolute Gasteiger partial charge is 0.150 e. The molecule has 0 fully saturated rings. The molecule has 0 heterocycles. The van der Waals surface area contributed by atoms with Gasteiger partial charge in [-0.15, -0.1) is 0 Å². The minimum atomic E-state index is 0.335. The zero-order valence-electron chi connectivity index (χ0n) is 11.2. The Morgan fingerprint density at radius 3 is 2.35 bits per heavy atom. The number of aryl methyl sites for hydroxylation is 2. The lowest BCUT2D eigenvalue weighted by molar-refractivity contribution is 0.112. The molecule has 104 valence electrons. The van der Waals surface area contributed by atoms with Crippen LogP contribution >= 0.6 is 23.2 Å². The van der Waals surface area contributed by atoms with E-state index in [2.05, 4.69) is 0 Å². The average Bonchev–Trinajstić information content (AvgIpc) is 2.41. The van der Waals surface area contributed by atoms with Crippen LogP contribution in [-0.2, 0) is 6.61 Å². The van der Waals surface area contributed by atoms with Crippen molar-refractivity contribution in [3.05, 3.63) is 62.6 Å². The Hall–Kier alpha value is -1.51. The van der Waals surface area contributed by atoms with Crippen molar-refractivity contribution in [2.45, 2.75) is 20.5 Å². The number of carbonyl (C=O) groups is 1. The predicted molar refractivity (Wildman–Crippen MR) is 82.1 cm³/mol. The van der Waals surface area contributed by atoms with Crippen LogP contribution in [-0.4, -0.2) is 6.29 Å². The van der Waals surface area contributed by atoms with Gasteiger partial charge >= 0.3 is 0 Å². The third kappa shape index (κ3) is 3.33. The molecule has 0 saturated heterocycles. The predicted octanol–water partition coefficient (Wildman–Crippen LogP) is 5.00. The maximum atomic E-state index is 10.8. The summed E-state index contributed by atoms with van der Waals surface area (Å²) in [5.74, 6) is 0.770. The van der Waals surface area contributed by atoms with Gasteiger partial charge in [0.25, 0.3) is 0 Å². The summed E-state index contributed by atoms with van der Waals surface area (Å²) in [5.41, 5.74) is 3.32. The van der Waals surface area contributed by atoms with E-state index in [1.807, 2.05) is 13.8 Å². The first-order chi connectivity index (χ1) is 9.51. The molecule has 2 rings (SSSR count). The molecular weight excluding hydrogens is 295 g/mol. The van der Waals surface area contributed by atoms with Crippen molar-refractivity contribution in [2.75, 3.05) is 0 Å². The Morgan fingerprint density at radius 2 is 1.75 bits per heavy atom. The van der Waals surface area contributed by atoms with E-state index in [0.29, 0.717) is 22.2 Å². The highest BCUT2D eigenvalue weighted by molar-refractivity contribution is 6.33. The molecule has 0 spiro atoms. The second-order valence-corrected chi connectivity index (χ2v) is 5.47. The summed E-state index contributed by atoms with van der Waals surface area (Å²) in [7, 11) is 0. The third-order valence-electron chi connectivity index (χ3n) is 3.00. The van der Waals surface area contributed by atoms with Crippen LogP contribution in [0.1, 0.15) is 27.0 Å². The largest absolute Gasteiger partial charge is 0.488 e. The Bertz CT molecular complexity index is 628. The lowest BCUT2D eigenvalue weighted by Gasteiger charge is -2.13. The van der Waals surface area contributed by atoms with Gasteiger partial charge in [-0.2, -0.15) is 0 Å². The summed E-state index contributed by atoms with van der Waals surface area (Å²) in [6, 6.07) is 8.87. The van der Waals surface area contributed by atoms with Gasteiger partial charge in [-0.05, 0) is 55.3 Å². The van der Waals surface area contributed by atoms with Crippen molar-refractivity contribution in [1.29, 1.82) is 0 Å². The lowest BCUT2D eigenvalue weighted by Crippen LogP contribution is -2.00. The average molecular weight is 309 g/mol. The highest BCUT2D eigenvalue weighted by atomic mass is 35.5. The summed E-state index contributed by atoms with van der Waals surface area (Å²) in [6.45, 7) is 4.16. The molecule has 0 saturated carbocycles. The van der Waals surface area contributed by atoms with Gasteiger partial charge < -0.3 is 4.74 Å². The standard InChI is InChI=1S/C16H14Cl2O2/c1-10-5-12(8-19)6-11(2)16(10)20-9-13-7-14(17)3-4-15(13)18/h3-8H,9H2,1-2H3. The monoisotopic (exact) mass is 308 g/mol. The van der Waals surface area contributed by atoms with Gasteiger partial charge in [-0.25, -0.2) is 0 Å². The molecule has 0 amide bonds. The molecule has 0 aliphatic heterocycles. The third-order valence-corrected chi connectivity index (χ3v) is 3.60. The summed E-state index contributed by atoms with van der Waals surface area (Å²) in [6.07, 6.45) is 0.831. The zero-order chi connectivity index (χ0) is 14.7. The lowest BCUT2D eigenvalue weighted by atomic mass is 10.1. The molecule has 2 aromatic carbocycles. The van der Waals surface area contributed by atoms with Crippen LogP contribution in [0.4, 0.5) is 0 Å². The number of hydrogen-bond acceptors (Lipinski definition) is 2. The fourth-order valence-electron chi connectivity index (χ4n) is 2.08. The molecule has 0 N–H and O–H groups in total. The zero-order valence-corrected chi connectivity index (χ0v) is 12.8. The van der Waals surface area contributed by atoms with Gasteiger partial charge in [0.2, 0.25) is 0 Å². The molecule has 0 unspecified atom stereocenters. The van der Waals surface area contributed by atoms with Gasteiger partial charge in [-0.1, -0.05) is 23.2 Å². The van der Waals surface area contributed by atoms with E-state index in [1.165, 1.54) is 0 Å². The van der Waals surface area contributed by atoms with Crippen LogP contribution in [0.3, 0.4) is 0 Å². The van der Waals surface area contributed by atoms with Crippen LogP contribution < -0.4 is 4.74 Å². The van der Waals surface area contributed by atoms with Crippen molar-refractivity contribution in [2.24, 2.45) is 0 Å². The molecule has 0 atom stereocenters. The molecule has 2 nitrogen and oxygen atoms in total. The Kier molecular flexibility index (Phi) is 4.69. The fraction of sp³-hybridized carbons (Fsp3) is 0.188. The van der Waals surface area contributed by atoms with Crippen LogP contribution in [0.2, 0.25) is 10.0 Å². The number of rotatable bonds is 4. The van der Waals surface area contributed by atoms with Gasteiger partial charge in [0.15, 0.2) is 0 Å². The number of benzene rings is 2. The van der Waals surface area contributed by atoms with Gasteiger partial charge in [-0.3, -0.25) is 4.79 Å². The Balaban J connectivity index is 2.23. The summed E-state index contributed by atoms with van der Waals surface area (Å²) >= 11 is 12.1. The highest BCUT2D eigenvalue weighted by Gasteiger charge is 2.08. The molecule has 0 radical (unpaired) electrons. The summed E-state index contributed by atoms with van der Waals surface area (Å²) in [4.78, 5) is 10.8. The van der Waals surface area contributed by atoms with Crippen molar-refractivity contribution in [3.8, 4) is 5.75 Å². The van der Waals surface area contributed by atoms with Gasteiger partial charge in [0.1, 0.15) is 18.6 Å². The van der Waals surface area contributed by atoms with Crippen LogP contribution in [0.25, 0.3) is 0 Å². The second-order valence-electron chi connectivity index (χ2n) is 4.63. The van der Waals surface area contributed by atoms with E-state index in [0.717, 1.165) is 28.7 Å². The normalized spacial score (nSPS) is 10.4. The first kappa shape index (κ1) is 14.9. The first-order valence-corrected chi connectivity index (χ1v) is 6.90. The fourth-order valence-corrected chi connectivity index (χ4v) is 2.45. The van der Waals surface area contributed by atoms with E-state index in [-0.39, 0.29) is 0 Å². The summed E-state index contributed by atoms with van der Waals surface area (Å²) in [5, 5.41) is 1.24. The maximum Gasteiger partial charge on any atom is 0.150 e. The molecule has 0 aromatic heterocycles. The van der Waals surface area contributed by atoms with Crippen molar-refractivity contribution >= 4 is 29.5 Å². The molecule has 0 aliphatic carbocycles. The van der Waals surface area contributed by atoms with Crippen LogP contribution in [0.5, 0.6) is 5.75 Å². The topological polar surface area (TPSA) is 26.3 Å². The Morgan fingerprint density at radius 1 is 1.10 bits per heavy atom. The number of hydrogen-bond donors (Lipinski definition) is 0. The number of aldehydes is 1. The molecular formula is C16H14Cl2O2. The minimum Gasteiger partial charge on any atom is -0.488 e. The molecule has 0 bridgehead atoms.